The van der Waals surface area contributed by atoms with Gasteiger partial charge in [-0.15, -0.1) is 0 Å². The minimum atomic E-state index is -0.0530. The standard InChI is InChI=1S/C13H16N2O/c16-13-14-8-12(15-13)11-6-5-9-3-1-2-4-10(9)7-11/h5-7,12H,1-4,8H2,(H2,14,15,16). The van der Waals surface area contributed by atoms with Crippen molar-refractivity contribution in [3.8, 4) is 0 Å². The van der Waals surface area contributed by atoms with Gasteiger partial charge in [-0.1, -0.05) is 18.2 Å². The summed E-state index contributed by atoms with van der Waals surface area (Å²) in [6.07, 6.45) is 5.02. The fourth-order valence-electron chi connectivity index (χ4n) is 2.63. The first-order chi connectivity index (χ1) is 7.83. The first kappa shape index (κ1) is 9.70. The number of carbonyl (C=O) groups is 1. The third-order valence-corrected chi connectivity index (χ3v) is 3.55. The summed E-state index contributed by atoms with van der Waals surface area (Å²) in [7, 11) is 0. The van der Waals surface area contributed by atoms with E-state index >= 15 is 0 Å². The van der Waals surface area contributed by atoms with Crippen LogP contribution < -0.4 is 10.6 Å². The highest BCUT2D eigenvalue weighted by Crippen LogP contribution is 2.25. The average molecular weight is 216 g/mol. The smallest absolute Gasteiger partial charge is 0.315 e. The number of fused-ring (bicyclic) bond motifs is 1. The van der Waals surface area contributed by atoms with Crippen LogP contribution in [0, 0.1) is 0 Å². The van der Waals surface area contributed by atoms with Gasteiger partial charge in [0.05, 0.1) is 6.04 Å². The SMILES string of the molecule is O=C1NCC(c2ccc3c(c2)CCCC3)N1. The Kier molecular flexibility index (Phi) is 2.31. The molecule has 1 aliphatic heterocycles. The molecule has 3 heteroatoms. The number of urea groups is 1. The van der Waals surface area contributed by atoms with Crippen LogP contribution in [0.3, 0.4) is 0 Å². The van der Waals surface area contributed by atoms with Gasteiger partial charge in [-0.2, -0.15) is 0 Å². The molecule has 1 unspecified atom stereocenters. The Hall–Kier alpha value is -1.51. The minimum Gasteiger partial charge on any atom is -0.336 e. The van der Waals surface area contributed by atoms with E-state index in [-0.39, 0.29) is 12.1 Å². The van der Waals surface area contributed by atoms with E-state index in [1.54, 1.807) is 0 Å². The van der Waals surface area contributed by atoms with Crippen LogP contribution in [0.15, 0.2) is 18.2 Å². The maximum atomic E-state index is 11.1. The van der Waals surface area contributed by atoms with E-state index in [1.807, 2.05) is 0 Å². The summed E-state index contributed by atoms with van der Waals surface area (Å²) in [5.41, 5.74) is 4.20. The maximum Gasteiger partial charge on any atom is 0.315 e. The summed E-state index contributed by atoms with van der Waals surface area (Å²) in [5.74, 6) is 0. The molecule has 0 bridgehead atoms. The van der Waals surface area contributed by atoms with Crippen molar-refractivity contribution in [2.24, 2.45) is 0 Å². The molecule has 0 radical (unpaired) electrons. The molecule has 1 fully saturated rings. The zero-order valence-corrected chi connectivity index (χ0v) is 9.25. The molecule has 1 atom stereocenters. The number of benzene rings is 1. The Morgan fingerprint density at radius 3 is 2.69 bits per heavy atom. The van der Waals surface area contributed by atoms with Gasteiger partial charge >= 0.3 is 6.03 Å². The molecular weight excluding hydrogens is 200 g/mol. The summed E-state index contributed by atoms with van der Waals surface area (Å²) < 4.78 is 0. The molecule has 3 nitrogen and oxygen atoms in total. The van der Waals surface area contributed by atoms with Gasteiger partial charge in [0.15, 0.2) is 0 Å². The summed E-state index contributed by atoms with van der Waals surface area (Å²) >= 11 is 0. The van der Waals surface area contributed by atoms with E-state index in [0.29, 0.717) is 6.54 Å². The molecule has 2 amide bonds. The Balaban J connectivity index is 1.88. The quantitative estimate of drug-likeness (QED) is 0.740. The van der Waals surface area contributed by atoms with Crippen LogP contribution in [0.25, 0.3) is 0 Å². The number of amides is 2. The molecule has 2 N–H and O–H groups in total. The van der Waals surface area contributed by atoms with Crippen LogP contribution in [0.2, 0.25) is 0 Å². The van der Waals surface area contributed by atoms with Crippen molar-refractivity contribution in [1.29, 1.82) is 0 Å². The number of hydrogen-bond donors (Lipinski definition) is 2. The zero-order chi connectivity index (χ0) is 11.0. The van der Waals surface area contributed by atoms with Gasteiger partial charge < -0.3 is 10.6 Å². The van der Waals surface area contributed by atoms with Gasteiger partial charge in [-0.25, -0.2) is 4.79 Å². The molecule has 1 heterocycles. The lowest BCUT2D eigenvalue weighted by molar-refractivity contribution is 0.247. The topological polar surface area (TPSA) is 41.1 Å². The lowest BCUT2D eigenvalue weighted by Crippen LogP contribution is -2.21. The molecule has 1 saturated heterocycles. The van der Waals surface area contributed by atoms with Crippen LogP contribution in [-0.4, -0.2) is 12.6 Å². The van der Waals surface area contributed by atoms with Crippen LogP contribution in [0.5, 0.6) is 0 Å². The van der Waals surface area contributed by atoms with E-state index in [1.165, 1.54) is 42.4 Å². The van der Waals surface area contributed by atoms with Crippen molar-refractivity contribution in [3.05, 3.63) is 34.9 Å². The zero-order valence-electron chi connectivity index (χ0n) is 9.25. The summed E-state index contributed by atoms with van der Waals surface area (Å²) in [4.78, 5) is 11.1. The Bertz CT molecular complexity index is 428. The van der Waals surface area contributed by atoms with Crippen molar-refractivity contribution < 1.29 is 4.79 Å². The number of hydrogen-bond acceptors (Lipinski definition) is 1. The van der Waals surface area contributed by atoms with Gasteiger partial charge in [0.2, 0.25) is 0 Å². The molecule has 1 aliphatic carbocycles. The lowest BCUT2D eigenvalue weighted by Gasteiger charge is -2.18. The van der Waals surface area contributed by atoms with Crippen molar-refractivity contribution in [2.45, 2.75) is 31.7 Å². The summed E-state index contributed by atoms with van der Waals surface area (Å²) in [6.45, 7) is 0.706. The van der Waals surface area contributed by atoms with Crippen molar-refractivity contribution in [3.63, 3.8) is 0 Å². The van der Waals surface area contributed by atoms with Crippen LogP contribution >= 0.6 is 0 Å². The van der Waals surface area contributed by atoms with E-state index in [2.05, 4.69) is 28.8 Å². The molecular formula is C13H16N2O. The van der Waals surface area contributed by atoms with Gasteiger partial charge in [0.25, 0.3) is 0 Å². The second kappa shape index (κ2) is 3.81. The third-order valence-electron chi connectivity index (χ3n) is 3.55. The first-order valence-electron chi connectivity index (χ1n) is 5.99. The molecule has 16 heavy (non-hydrogen) atoms. The molecule has 84 valence electrons. The molecule has 3 rings (SSSR count). The third kappa shape index (κ3) is 1.66. The van der Waals surface area contributed by atoms with E-state index in [0.717, 1.165) is 0 Å². The van der Waals surface area contributed by atoms with Crippen molar-refractivity contribution in [1.82, 2.24) is 10.6 Å². The van der Waals surface area contributed by atoms with Gasteiger partial charge in [-0.05, 0) is 42.4 Å². The highest BCUT2D eigenvalue weighted by Gasteiger charge is 2.22. The molecule has 0 aromatic heterocycles. The Morgan fingerprint density at radius 2 is 1.94 bits per heavy atom. The fraction of sp³-hybridized carbons (Fsp3) is 0.462. The molecule has 2 aliphatic rings. The monoisotopic (exact) mass is 216 g/mol. The highest BCUT2D eigenvalue weighted by molar-refractivity contribution is 5.76. The van der Waals surface area contributed by atoms with Crippen LogP contribution in [-0.2, 0) is 12.8 Å². The molecule has 1 aromatic carbocycles. The van der Waals surface area contributed by atoms with Crippen LogP contribution in [0.1, 0.15) is 35.6 Å². The highest BCUT2D eigenvalue weighted by atomic mass is 16.2. The van der Waals surface area contributed by atoms with Gasteiger partial charge in [0.1, 0.15) is 0 Å². The van der Waals surface area contributed by atoms with Crippen LogP contribution in [0.4, 0.5) is 4.79 Å². The van der Waals surface area contributed by atoms with E-state index < -0.39 is 0 Å². The van der Waals surface area contributed by atoms with E-state index in [4.69, 9.17) is 0 Å². The Labute approximate surface area is 95.2 Å². The van der Waals surface area contributed by atoms with Crippen molar-refractivity contribution >= 4 is 6.03 Å². The number of rotatable bonds is 1. The van der Waals surface area contributed by atoms with Crippen molar-refractivity contribution in [2.75, 3.05) is 6.54 Å². The maximum absolute atomic E-state index is 11.1. The second-order valence-electron chi connectivity index (χ2n) is 4.64. The summed E-state index contributed by atoms with van der Waals surface area (Å²) in [6, 6.07) is 6.76. The van der Waals surface area contributed by atoms with Gasteiger partial charge in [0, 0.05) is 6.54 Å². The number of nitrogens with one attached hydrogen (secondary N) is 2. The predicted octanol–water partition coefficient (Wildman–Crippen LogP) is 1.92. The Morgan fingerprint density at radius 1 is 1.12 bits per heavy atom. The fourth-order valence-corrected chi connectivity index (χ4v) is 2.63. The lowest BCUT2D eigenvalue weighted by atomic mass is 9.89. The molecule has 0 spiro atoms. The van der Waals surface area contributed by atoms with Gasteiger partial charge in [-0.3, -0.25) is 0 Å². The molecule has 1 aromatic rings. The van der Waals surface area contributed by atoms with E-state index in [9.17, 15) is 4.79 Å². The minimum absolute atomic E-state index is 0.0530. The number of aryl methyl sites for hydroxylation is 2. The predicted molar refractivity (Wildman–Crippen MR) is 62.4 cm³/mol. The molecule has 0 saturated carbocycles. The number of carbonyl (C=O) groups excluding carboxylic acids is 1. The average Bonchev–Trinajstić information content (AvgIpc) is 2.75. The largest absolute Gasteiger partial charge is 0.336 e. The summed E-state index contributed by atoms with van der Waals surface area (Å²) in [5, 5.41) is 5.72. The first-order valence-corrected chi connectivity index (χ1v) is 5.99. The second-order valence-corrected chi connectivity index (χ2v) is 4.64. The normalized spacial score (nSPS) is 23.5.